The van der Waals surface area contributed by atoms with Gasteiger partial charge in [0.05, 0.1) is 0 Å². The Balaban J connectivity index is 2.38. The number of nitrogens with one attached hydrogen (secondary N) is 2. The minimum absolute atomic E-state index is 0.0295. The van der Waals surface area contributed by atoms with E-state index in [9.17, 15) is 9.59 Å². The lowest BCUT2D eigenvalue weighted by Gasteiger charge is -2.13. The quantitative estimate of drug-likeness (QED) is 0.541. The molecule has 0 bridgehead atoms. The van der Waals surface area contributed by atoms with E-state index in [1.165, 1.54) is 0 Å². The van der Waals surface area contributed by atoms with E-state index in [1.807, 2.05) is 0 Å². The van der Waals surface area contributed by atoms with Crippen molar-refractivity contribution < 1.29 is 9.59 Å². The highest BCUT2D eigenvalue weighted by Gasteiger charge is 2.14. The van der Waals surface area contributed by atoms with Gasteiger partial charge in [0.15, 0.2) is 0 Å². The summed E-state index contributed by atoms with van der Waals surface area (Å²) >= 11 is 0. The van der Waals surface area contributed by atoms with Crippen LogP contribution in [0.4, 0.5) is 0 Å². The highest BCUT2D eigenvalue weighted by atomic mass is 16.2. The van der Waals surface area contributed by atoms with Crippen LogP contribution in [0.5, 0.6) is 0 Å². The van der Waals surface area contributed by atoms with Gasteiger partial charge in [-0.1, -0.05) is 0 Å². The van der Waals surface area contributed by atoms with Crippen molar-refractivity contribution in [3.8, 4) is 0 Å². The van der Waals surface area contributed by atoms with Gasteiger partial charge in [-0.2, -0.15) is 0 Å². The molecule has 0 saturated carbocycles. The van der Waals surface area contributed by atoms with Crippen LogP contribution < -0.4 is 10.6 Å². The molecule has 0 aromatic heterocycles. The van der Waals surface area contributed by atoms with Gasteiger partial charge in [0.2, 0.25) is 12.3 Å². The SMILES string of the molecule is O=CNC1CCCCC(=O)N1. The molecule has 1 fully saturated rings. The van der Waals surface area contributed by atoms with Crippen LogP contribution in [0.2, 0.25) is 0 Å². The van der Waals surface area contributed by atoms with E-state index in [0.717, 1.165) is 19.3 Å². The van der Waals surface area contributed by atoms with Gasteiger partial charge in [-0.3, -0.25) is 9.59 Å². The summed E-state index contributed by atoms with van der Waals surface area (Å²) in [5.74, 6) is 0.0295. The van der Waals surface area contributed by atoms with Crippen molar-refractivity contribution >= 4 is 12.3 Å². The lowest BCUT2D eigenvalue weighted by molar-refractivity contribution is -0.121. The van der Waals surface area contributed by atoms with Crippen molar-refractivity contribution in [1.29, 1.82) is 0 Å². The summed E-state index contributed by atoms with van der Waals surface area (Å²) in [5, 5.41) is 5.24. The zero-order chi connectivity index (χ0) is 8.10. The summed E-state index contributed by atoms with van der Waals surface area (Å²) in [5.41, 5.74) is 0. The van der Waals surface area contributed by atoms with E-state index < -0.39 is 0 Å². The molecule has 0 aromatic carbocycles. The molecule has 1 heterocycles. The van der Waals surface area contributed by atoms with Gasteiger partial charge in [0.1, 0.15) is 6.17 Å². The molecule has 4 heteroatoms. The first-order valence-corrected chi connectivity index (χ1v) is 3.82. The predicted molar refractivity (Wildman–Crippen MR) is 39.6 cm³/mol. The highest BCUT2D eigenvalue weighted by Crippen LogP contribution is 2.06. The number of hydrogen-bond acceptors (Lipinski definition) is 2. The molecule has 1 aliphatic rings. The standard InChI is InChI=1S/C7H12N2O2/c10-5-8-6-3-1-2-4-7(11)9-6/h5-6H,1-4H2,(H,8,10)(H,9,11). The van der Waals surface area contributed by atoms with Gasteiger partial charge >= 0.3 is 0 Å². The number of rotatable bonds is 2. The second-order valence-electron chi connectivity index (χ2n) is 2.65. The topological polar surface area (TPSA) is 58.2 Å². The third kappa shape index (κ3) is 2.57. The fourth-order valence-electron chi connectivity index (χ4n) is 1.18. The van der Waals surface area contributed by atoms with Crippen LogP contribution in [0.15, 0.2) is 0 Å². The first kappa shape index (κ1) is 8.04. The zero-order valence-corrected chi connectivity index (χ0v) is 6.30. The molecular formula is C7H12N2O2. The average Bonchev–Trinajstić information content (AvgIpc) is 2.15. The number of amides is 2. The van der Waals surface area contributed by atoms with E-state index in [4.69, 9.17) is 0 Å². The second kappa shape index (κ2) is 3.95. The van der Waals surface area contributed by atoms with Crippen LogP contribution in [-0.2, 0) is 9.59 Å². The molecule has 0 spiro atoms. The van der Waals surface area contributed by atoms with Crippen molar-refractivity contribution in [2.24, 2.45) is 0 Å². The molecule has 2 amide bonds. The summed E-state index contributed by atoms with van der Waals surface area (Å²) in [4.78, 5) is 20.9. The first-order valence-electron chi connectivity index (χ1n) is 3.82. The molecule has 1 rings (SSSR count). The van der Waals surface area contributed by atoms with Crippen molar-refractivity contribution in [1.82, 2.24) is 10.6 Å². The van der Waals surface area contributed by atoms with E-state index in [0.29, 0.717) is 12.8 Å². The van der Waals surface area contributed by atoms with Crippen molar-refractivity contribution in [3.05, 3.63) is 0 Å². The van der Waals surface area contributed by atoms with Crippen LogP contribution in [0, 0.1) is 0 Å². The maximum absolute atomic E-state index is 10.9. The molecule has 2 N–H and O–H groups in total. The van der Waals surface area contributed by atoms with E-state index in [2.05, 4.69) is 10.6 Å². The van der Waals surface area contributed by atoms with E-state index in [-0.39, 0.29) is 12.1 Å². The molecule has 1 aliphatic heterocycles. The Morgan fingerprint density at radius 1 is 1.55 bits per heavy atom. The highest BCUT2D eigenvalue weighted by molar-refractivity contribution is 5.76. The van der Waals surface area contributed by atoms with Gasteiger partial charge in [-0.25, -0.2) is 0 Å². The van der Waals surface area contributed by atoms with Crippen LogP contribution in [0.3, 0.4) is 0 Å². The van der Waals surface area contributed by atoms with Gasteiger partial charge in [-0.05, 0) is 19.3 Å². The molecule has 0 aliphatic carbocycles. The molecule has 0 radical (unpaired) electrons. The molecule has 1 saturated heterocycles. The Kier molecular flexibility index (Phi) is 2.89. The first-order chi connectivity index (χ1) is 5.33. The van der Waals surface area contributed by atoms with Gasteiger partial charge < -0.3 is 10.6 Å². The minimum atomic E-state index is -0.150. The molecular weight excluding hydrogens is 144 g/mol. The second-order valence-corrected chi connectivity index (χ2v) is 2.65. The van der Waals surface area contributed by atoms with Crippen LogP contribution in [0.25, 0.3) is 0 Å². The smallest absolute Gasteiger partial charge is 0.221 e. The predicted octanol–water partition coefficient (Wildman–Crippen LogP) is -0.251. The van der Waals surface area contributed by atoms with E-state index >= 15 is 0 Å². The Hall–Kier alpha value is -1.06. The van der Waals surface area contributed by atoms with Crippen molar-refractivity contribution in [2.45, 2.75) is 31.8 Å². The Morgan fingerprint density at radius 2 is 2.36 bits per heavy atom. The monoisotopic (exact) mass is 156 g/mol. The molecule has 11 heavy (non-hydrogen) atoms. The van der Waals surface area contributed by atoms with Crippen LogP contribution >= 0.6 is 0 Å². The van der Waals surface area contributed by atoms with Gasteiger partial charge in [0.25, 0.3) is 0 Å². The number of carbonyl (C=O) groups is 2. The molecule has 1 unspecified atom stereocenters. The molecule has 4 nitrogen and oxygen atoms in total. The summed E-state index contributed by atoms with van der Waals surface area (Å²) in [6, 6.07) is 0. The zero-order valence-electron chi connectivity index (χ0n) is 6.30. The minimum Gasteiger partial charge on any atom is -0.339 e. The Labute approximate surface area is 65.3 Å². The fourth-order valence-corrected chi connectivity index (χ4v) is 1.18. The third-order valence-corrected chi connectivity index (χ3v) is 1.75. The van der Waals surface area contributed by atoms with Crippen LogP contribution in [0.1, 0.15) is 25.7 Å². The number of hydrogen-bond donors (Lipinski definition) is 2. The van der Waals surface area contributed by atoms with E-state index in [1.54, 1.807) is 0 Å². The Bertz CT molecular complexity index is 159. The molecule has 62 valence electrons. The summed E-state index contributed by atoms with van der Waals surface area (Å²) in [6.45, 7) is 0. The summed E-state index contributed by atoms with van der Waals surface area (Å²) < 4.78 is 0. The lowest BCUT2D eigenvalue weighted by atomic mass is 10.2. The average molecular weight is 156 g/mol. The molecule has 0 aromatic rings. The fraction of sp³-hybridized carbons (Fsp3) is 0.714. The maximum Gasteiger partial charge on any atom is 0.221 e. The Morgan fingerprint density at radius 3 is 3.09 bits per heavy atom. The van der Waals surface area contributed by atoms with Crippen LogP contribution in [-0.4, -0.2) is 18.5 Å². The van der Waals surface area contributed by atoms with Crippen molar-refractivity contribution in [2.75, 3.05) is 0 Å². The maximum atomic E-state index is 10.9. The summed E-state index contributed by atoms with van der Waals surface area (Å²) in [6.07, 6.45) is 3.80. The largest absolute Gasteiger partial charge is 0.339 e. The van der Waals surface area contributed by atoms with Crippen molar-refractivity contribution in [3.63, 3.8) is 0 Å². The van der Waals surface area contributed by atoms with Gasteiger partial charge in [0, 0.05) is 6.42 Å². The summed E-state index contributed by atoms with van der Waals surface area (Å²) in [7, 11) is 0. The third-order valence-electron chi connectivity index (χ3n) is 1.75. The van der Waals surface area contributed by atoms with Gasteiger partial charge in [-0.15, -0.1) is 0 Å². The lowest BCUT2D eigenvalue weighted by Crippen LogP contribution is -2.43. The number of carbonyl (C=O) groups excluding carboxylic acids is 2. The normalized spacial score (nSPS) is 25.1. The molecule has 1 atom stereocenters.